The molecule has 0 aromatic heterocycles. The number of Topliss-reactive ketones (excluding diaryl/α,β-unsaturated/α-hetero) is 1. The molecule has 4 amide bonds. The van der Waals surface area contributed by atoms with E-state index in [0.29, 0.717) is 23.6 Å². The second-order valence-corrected chi connectivity index (χ2v) is 17.0. The molecule has 1 spiro atoms. The molecule has 2 saturated carbocycles. The number of carbonyl (C=O) groups is 5. The van der Waals surface area contributed by atoms with Crippen LogP contribution in [0.15, 0.2) is 41.1 Å². The van der Waals surface area contributed by atoms with Crippen LogP contribution in [0.4, 0.5) is 0 Å². The Kier molecular flexibility index (Phi) is 10.6. The van der Waals surface area contributed by atoms with Gasteiger partial charge in [-0.3, -0.25) is 24.0 Å². The van der Waals surface area contributed by atoms with Gasteiger partial charge in [0.25, 0.3) is 5.91 Å². The van der Waals surface area contributed by atoms with Crippen LogP contribution in [-0.4, -0.2) is 76.3 Å². The standard InChI is InChI=1S/C38H52ClN5O6/c1-9-11-26(30(45)34(48)40-24-14-15-24)41-32(46)28-19-38(18-27(43-50-38)22-12-10-13-23(39)17-22)20-44(28)35(49)31(36(4,5)6)42-33(47)29-25(16-21(2)3)37(29,7)8/h10,12-13,16-17,24-26,28-29,31H,9,11,14-15,18-20H2,1-8H3,(H,40,48)(H,41,46)(H,42,47)/t25-,26+,28+,29+,31-,38-/m1/s1. The minimum absolute atomic E-state index is 0.0107. The average Bonchev–Trinajstić information content (AvgIpc) is 3.82. The van der Waals surface area contributed by atoms with Gasteiger partial charge in [-0.05, 0) is 62.0 Å². The zero-order valence-electron chi connectivity index (χ0n) is 30.5. The molecule has 2 aliphatic carbocycles. The molecule has 0 unspecified atom stereocenters. The molecule has 1 aromatic rings. The predicted octanol–water partition coefficient (Wildman–Crippen LogP) is 4.71. The zero-order chi connectivity index (χ0) is 36.8. The first kappa shape index (κ1) is 37.5. The lowest BCUT2D eigenvalue weighted by Crippen LogP contribution is -2.59. The maximum Gasteiger partial charge on any atom is 0.289 e. The minimum atomic E-state index is -1.05. The predicted molar refractivity (Wildman–Crippen MR) is 191 cm³/mol. The lowest BCUT2D eigenvalue weighted by Gasteiger charge is -2.36. The van der Waals surface area contributed by atoms with Crippen molar-refractivity contribution < 1.29 is 28.8 Å². The maximum absolute atomic E-state index is 14.7. The monoisotopic (exact) mass is 709 g/mol. The van der Waals surface area contributed by atoms with Gasteiger partial charge in [-0.25, -0.2) is 0 Å². The number of hydrogen-bond acceptors (Lipinski definition) is 7. The number of nitrogens with zero attached hydrogens (tertiary/aromatic N) is 2. The highest BCUT2D eigenvalue weighted by Gasteiger charge is 2.61. The highest BCUT2D eigenvalue weighted by Crippen LogP contribution is 2.59. The van der Waals surface area contributed by atoms with Crippen LogP contribution in [0.1, 0.15) is 99.5 Å². The fraction of sp³-hybridized carbons (Fsp3) is 0.632. The molecule has 1 saturated heterocycles. The summed E-state index contributed by atoms with van der Waals surface area (Å²) in [6, 6.07) is 4.16. The van der Waals surface area contributed by atoms with Crippen LogP contribution >= 0.6 is 11.6 Å². The molecule has 272 valence electrons. The molecule has 1 aromatic carbocycles. The van der Waals surface area contributed by atoms with Crippen molar-refractivity contribution in [3.63, 3.8) is 0 Å². The SMILES string of the molecule is CCC[C@H](NC(=O)[C@@H]1C[C@]2(CC(c3cccc(Cl)c3)=NO2)CN1C(=O)[C@@H](NC(=O)[C@@H]1[C@@H](C=C(C)C)C1(C)C)C(C)(C)C)C(=O)C(=O)NC1CC1. The first-order valence-corrected chi connectivity index (χ1v) is 18.2. The van der Waals surface area contributed by atoms with Crippen LogP contribution in [-0.2, 0) is 28.8 Å². The number of ketones is 1. The van der Waals surface area contributed by atoms with E-state index in [1.54, 1.807) is 12.1 Å². The van der Waals surface area contributed by atoms with Gasteiger partial charge in [-0.1, -0.05) is 88.5 Å². The molecule has 11 nitrogen and oxygen atoms in total. The summed E-state index contributed by atoms with van der Waals surface area (Å²) in [4.78, 5) is 76.1. The number of oxime groups is 1. The number of benzene rings is 1. The van der Waals surface area contributed by atoms with Crippen LogP contribution in [0.3, 0.4) is 0 Å². The number of rotatable bonds is 12. The molecule has 3 fully saturated rings. The summed E-state index contributed by atoms with van der Waals surface area (Å²) in [5.74, 6) is -2.87. The number of nitrogens with one attached hydrogen (secondary N) is 3. The first-order chi connectivity index (χ1) is 23.4. The molecule has 2 aliphatic heterocycles. The largest absolute Gasteiger partial charge is 0.387 e. The number of allylic oxidation sites excluding steroid dienone is 2. The smallest absolute Gasteiger partial charge is 0.289 e. The summed E-state index contributed by atoms with van der Waals surface area (Å²) in [5.41, 5.74) is 0.536. The van der Waals surface area contributed by atoms with E-state index in [9.17, 15) is 24.0 Å². The average molecular weight is 710 g/mol. The maximum atomic E-state index is 14.7. The second kappa shape index (κ2) is 14.1. The van der Waals surface area contributed by atoms with Gasteiger partial charge >= 0.3 is 0 Å². The molecule has 4 aliphatic rings. The van der Waals surface area contributed by atoms with Crippen LogP contribution in [0, 0.1) is 22.7 Å². The van der Waals surface area contributed by atoms with Crippen molar-refractivity contribution >= 4 is 46.7 Å². The molecular weight excluding hydrogens is 658 g/mol. The van der Waals surface area contributed by atoms with Crippen molar-refractivity contribution in [2.24, 2.45) is 27.8 Å². The van der Waals surface area contributed by atoms with E-state index in [4.69, 9.17) is 16.4 Å². The summed E-state index contributed by atoms with van der Waals surface area (Å²) in [6.07, 6.45) is 4.98. The highest BCUT2D eigenvalue weighted by atomic mass is 35.5. The van der Waals surface area contributed by atoms with Gasteiger partial charge in [0, 0.05) is 29.5 Å². The van der Waals surface area contributed by atoms with E-state index in [1.165, 1.54) is 4.90 Å². The van der Waals surface area contributed by atoms with Crippen LogP contribution in [0.25, 0.3) is 0 Å². The van der Waals surface area contributed by atoms with Crippen LogP contribution in [0.2, 0.25) is 5.02 Å². The van der Waals surface area contributed by atoms with E-state index in [0.717, 1.165) is 24.0 Å². The fourth-order valence-electron chi connectivity index (χ4n) is 7.32. The summed E-state index contributed by atoms with van der Waals surface area (Å²) in [6.45, 7) is 15.6. The molecule has 6 atom stereocenters. The lowest BCUT2D eigenvalue weighted by molar-refractivity contribution is -0.145. The van der Waals surface area contributed by atoms with Crippen molar-refractivity contribution in [2.45, 2.75) is 124 Å². The molecule has 2 heterocycles. The second-order valence-electron chi connectivity index (χ2n) is 16.5. The Morgan fingerprint density at radius 2 is 1.80 bits per heavy atom. The zero-order valence-corrected chi connectivity index (χ0v) is 31.3. The Morgan fingerprint density at radius 3 is 2.40 bits per heavy atom. The summed E-state index contributed by atoms with van der Waals surface area (Å²) < 4.78 is 0. The van der Waals surface area contributed by atoms with Crippen LogP contribution < -0.4 is 16.0 Å². The Hall–Kier alpha value is -3.73. The van der Waals surface area contributed by atoms with Crippen molar-refractivity contribution in [1.29, 1.82) is 0 Å². The van der Waals surface area contributed by atoms with Crippen LogP contribution in [0.5, 0.6) is 0 Å². The third-order valence-corrected chi connectivity index (χ3v) is 10.7. The van der Waals surface area contributed by atoms with Gasteiger partial charge < -0.3 is 25.7 Å². The van der Waals surface area contributed by atoms with E-state index in [1.807, 2.05) is 67.5 Å². The fourth-order valence-corrected chi connectivity index (χ4v) is 7.51. The molecule has 50 heavy (non-hydrogen) atoms. The minimum Gasteiger partial charge on any atom is -0.387 e. The van der Waals surface area contributed by atoms with Gasteiger partial charge in [0.15, 0.2) is 5.60 Å². The van der Waals surface area contributed by atoms with Crippen molar-refractivity contribution in [2.75, 3.05) is 6.54 Å². The third-order valence-electron chi connectivity index (χ3n) is 10.4. The van der Waals surface area contributed by atoms with Crippen molar-refractivity contribution in [3.05, 3.63) is 46.5 Å². The number of likely N-dealkylation sites (tertiary alicyclic amines) is 1. The van der Waals surface area contributed by atoms with E-state index < -0.39 is 52.6 Å². The topological polar surface area (TPSA) is 146 Å². The molecule has 5 rings (SSSR count). The Balaban J connectivity index is 1.41. The molecule has 0 bridgehead atoms. The van der Waals surface area contributed by atoms with E-state index >= 15 is 0 Å². The Morgan fingerprint density at radius 1 is 1.10 bits per heavy atom. The van der Waals surface area contributed by atoms with Crippen molar-refractivity contribution in [1.82, 2.24) is 20.9 Å². The normalized spacial score (nSPS) is 26.3. The molecule has 0 radical (unpaired) electrons. The molecule has 3 N–H and O–H groups in total. The number of amides is 4. The van der Waals surface area contributed by atoms with Gasteiger partial charge in [0.2, 0.25) is 23.5 Å². The van der Waals surface area contributed by atoms with Gasteiger partial charge in [-0.15, -0.1) is 0 Å². The summed E-state index contributed by atoms with van der Waals surface area (Å²) in [7, 11) is 0. The quantitative estimate of drug-likeness (QED) is 0.212. The van der Waals surface area contributed by atoms with Gasteiger partial charge in [0.1, 0.15) is 12.1 Å². The lowest BCUT2D eigenvalue weighted by atomic mass is 9.85. The van der Waals surface area contributed by atoms with E-state index in [-0.39, 0.29) is 48.6 Å². The number of halogens is 1. The number of hydrogen-bond donors (Lipinski definition) is 3. The third kappa shape index (κ3) is 8.08. The Labute approximate surface area is 300 Å². The first-order valence-electron chi connectivity index (χ1n) is 17.8. The van der Waals surface area contributed by atoms with Crippen molar-refractivity contribution in [3.8, 4) is 0 Å². The number of carbonyl (C=O) groups excluding carboxylic acids is 5. The van der Waals surface area contributed by atoms with E-state index in [2.05, 4.69) is 27.2 Å². The van der Waals surface area contributed by atoms with Gasteiger partial charge in [0.05, 0.1) is 24.2 Å². The van der Waals surface area contributed by atoms with Gasteiger partial charge in [-0.2, -0.15) is 0 Å². The highest BCUT2D eigenvalue weighted by molar-refractivity contribution is 6.38. The summed E-state index contributed by atoms with van der Waals surface area (Å²) in [5, 5.41) is 13.5. The molecular formula is C38H52ClN5O6. The summed E-state index contributed by atoms with van der Waals surface area (Å²) >= 11 is 6.26. The Bertz CT molecular complexity index is 1610. The molecule has 12 heteroatoms.